The van der Waals surface area contributed by atoms with Gasteiger partial charge in [0, 0.05) is 17.1 Å². The first kappa shape index (κ1) is 15.3. The number of hydrogen-bond acceptors (Lipinski definition) is 1. The summed E-state index contributed by atoms with van der Waals surface area (Å²) in [6.07, 6.45) is 0. The molecule has 1 unspecified atom stereocenters. The Bertz CT molecular complexity index is 587. The Labute approximate surface area is 130 Å². The molecule has 20 heavy (non-hydrogen) atoms. The smallest absolute Gasteiger partial charge is 0.0294 e. The molecule has 2 rings (SSSR count). The van der Waals surface area contributed by atoms with Crippen LogP contribution in [-0.2, 0) is 6.54 Å². The zero-order chi connectivity index (χ0) is 14.7. The topological polar surface area (TPSA) is 12.0 Å². The van der Waals surface area contributed by atoms with E-state index in [0.29, 0.717) is 6.04 Å². The summed E-state index contributed by atoms with van der Waals surface area (Å²) in [6, 6.07) is 13.4. The molecule has 0 saturated heterocycles. The highest BCUT2D eigenvalue weighted by molar-refractivity contribution is 9.10. The first-order valence-corrected chi connectivity index (χ1v) is 7.82. The predicted octanol–water partition coefficient (Wildman–Crippen LogP) is 5.23. The fourth-order valence-electron chi connectivity index (χ4n) is 2.34. The second-order valence-corrected chi connectivity index (χ2v) is 6.43. The van der Waals surface area contributed by atoms with Gasteiger partial charge in [0.2, 0.25) is 0 Å². The molecule has 0 fully saturated rings. The number of halogens is 1. The zero-order valence-corrected chi connectivity index (χ0v) is 14.2. The van der Waals surface area contributed by atoms with Crippen LogP contribution in [0.2, 0.25) is 0 Å². The van der Waals surface area contributed by atoms with Crippen LogP contribution in [0, 0.1) is 20.8 Å². The lowest BCUT2D eigenvalue weighted by molar-refractivity contribution is 0.573. The first-order valence-electron chi connectivity index (χ1n) is 7.03. The van der Waals surface area contributed by atoms with Gasteiger partial charge in [-0.3, -0.25) is 0 Å². The molecule has 0 spiro atoms. The molecule has 106 valence electrons. The summed E-state index contributed by atoms with van der Waals surface area (Å²) in [4.78, 5) is 0. The van der Waals surface area contributed by atoms with Crippen LogP contribution in [0.5, 0.6) is 0 Å². The Balaban J connectivity index is 2.05. The van der Waals surface area contributed by atoms with Crippen molar-refractivity contribution >= 4 is 15.9 Å². The Hall–Kier alpha value is -1.12. The standard InChI is InChI=1S/C18H22BrN/c1-12-9-14(3)17(10-13(12)2)11-20-15(4)16-5-7-18(19)8-6-16/h5-10,15,20H,11H2,1-4H3. The van der Waals surface area contributed by atoms with Crippen molar-refractivity contribution in [1.29, 1.82) is 0 Å². The van der Waals surface area contributed by atoms with Crippen LogP contribution in [-0.4, -0.2) is 0 Å². The lowest BCUT2D eigenvalue weighted by Gasteiger charge is -2.16. The molecule has 2 aromatic rings. The molecular formula is C18H22BrN. The van der Waals surface area contributed by atoms with Crippen LogP contribution in [0.4, 0.5) is 0 Å². The van der Waals surface area contributed by atoms with Gasteiger partial charge >= 0.3 is 0 Å². The molecular weight excluding hydrogens is 310 g/mol. The van der Waals surface area contributed by atoms with Crippen LogP contribution < -0.4 is 5.32 Å². The van der Waals surface area contributed by atoms with E-state index < -0.39 is 0 Å². The first-order chi connectivity index (χ1) is 9.47. The van der Waals surface area contributed by atoms with Gasteiger partial charge in [0.05, 0.1) is 0 Å². The van der Waals surface area contributed by atoms with Gasteiger partial charge < -0.3 is 5.32 Å². The molecule has 2 heteroatoms. The van der Waals surface area contributed by atoms with Crippen molar-refractivity contribution in [3.63, 3.8) is 0 Å². The van der Waals surface area contributed by atoms with Crippen molar-refractivity contribution in [2.24, 2.45) is 0 Å². The molecule has 2 aromatic carbocycles. The minimum Gasteiger partial charge on any atom is -0.306 e. The molecule has 1 atom stereocenters. The average Bonchev–Trinajstić information content (AvgIpc) is 2.42. The van der Waals surface area contributed by atoms with Gasteiger partial charge in [0.15, 0.2) is 0 Å². The summed E-state index contributed by atoms with van der Waals surface area (Å²) in [7, 11) is 0. The SMILES string of the molecule is Cc1cc(C)c(CNC(C)c2ccc(Br)cc2)cc1C. The summed E-state index contributed by atoms with van der Waals surface area (Å²) in [5.74, 6) is 0. The molecule has 0 aliphatic heterocycles. The second kappa shape index (κ2) is 6.55. The van der Waals surface area contributed by atoms with Crippen LogP contribution >= 0.6 is 15.9 Å². The van der Waals surface area contributed by atoms with Crippen molar-refractivity contribution in [3.8, 4) is 0 Å². The number of rotatable bonds is 4. The van der Waals surface area contributed by atoms with Crippen LogP contribution in [0.25, 0.3) is 0 Å². The van der Waals surface area contributed by atoms with Crippen molar-refractivity contribution in [1.82, 2.24) is 5.32 Å². The third kappa shape index (κ3) is 3.71. The predicted molar refractivity (Wildman–Crippen MR) is 90.0 cm³/mol. The van der Waals surface area contributed by atoms with Crippen molar-refractivity contribution in [2.75, 3.05) is 0 Å². The molecule has 1 nitrogen and oxygen atoms in total. The Morgan fingerprint density at radius 1 is 0.950 bits per heavy atom. The normalized spacial score (nSPS) is 12.4. The molecule has 0 bridgehead atoms. The quantitative estimate of drug-likeness (QED) is 0.809. The fraction of sp³-hybridized carbons (Fsp3) is 0.333. The largest absolute Gasteiger partial charge is 0.306 e. The number of nitrogens with one attached hydrogen (secondary N) is 1. The maximum Gasteiger partial charge on any atom is 0.0294 e. The van der Waals surface area contributed by atoms with Crippen LogP contribution in [0.15, 0.2) is 40.9 Å². The fourth-order valence-corrected chi connectivity index (χ4v) is 2.61. The number of aryl methyl sites for hydroxylation is 3. The van der Waals surface area contributed by atoms with Crippen molar-refractivity contribution in [3.05, 3.63) is 68.7 Å². The third-order valence-corrected chi connectivity index (χ3v) is 4.45. The highest BCUT2D eigenvalue weighted by Crippen LogP contribution is 2.19. The van der Waals surface area contributed by atoms with Gasteiger partial charge in [-0.05, 0) is 67.6 Å². The summed E-state index contributed by atoms with van der Waals surface area (Å²) in [6.45, 7) is 9.65. The van der Waals surface area contributed by atoms with E-state index in [1.165, 1.54) is 27.8 Å². The molecule has 0 radical (unpaired) electrons. The Kier molecular flexibility index (Phi) is 5.00. The molecule has 1 N–H and O–H groups in total. The maximum absolute atomic E-state index is 3.61. The summed E-state index contributed by atoms with van der Waals surface area (Å²) in [5, 5.41) is 3.61. The van der Waals surface area contributed by atoms with Gasteiger partial charge in [0.1, 0.15) is 0 Å². The van der Waals surface area contributed by atoms with E-state index in [9.17, 15) is 0 Å². The maximum atomic E-state index is 3.61. The highest BCUT2D eigenvalue weighted by atomic mass is 79.9. The van der Waals surface area contributed by atoms with Crippen molar-refractivity contribution < 1.29 is 0 Å². The van der Waals surface area contributed by atoms with E-state index in [2.05, 4.69) is 85.3 Å². The lowest BCUT2D eigenvalue weighted by Crippen LogP contribution is -2.18. The van der Waals surface area contributed by atoms with E-state index in [0.717, 1.165) is 11.0 Å². The zero-order valence-electron chi connectivity index (χ0n) is 12.6. The van der Waals surface area contributed by atoms with Crippen LogP contribution in [0.1, 0.15) is 40.8 Å². The molecule has 0 heterocycles. The van der Waals surface area contributed by atoms with E-state index in [4.69, 9.17) is 0 Å². The second-order valence-electron chi connectivity index (χ2n) is 5.52. The summed E-state index contributed by atoms with van der Waals surface area (Å²) < 4.78 is 1.12. The van der Waals surface area contributed by atoms with Gasteiger partial charge in [-0.2, -0.15) is 0 Å². The Morgan fingerprint density at radius 3 is 2.20 bits per heavy atom. The lowest BCUT2D eigenvalue weighted by atomic mass is 10.0. The minimum atomic E-state index is 0.351. The van der Waals surface area contributed by atoms with Gasteiger partial charge in [0.25, 0.3) is 0 Å². The van der Waals surface area contributed by atoms with E-state index in [1.807, 2.05) is 0 Å². The van der Waals surface area contributed by atoms with E-state index in [1.54, 1.807) is 0 Å². The monoisotopic (exact) mass is 331 g/mol. The van der Waals surface area contributed by atoms with E-state index in [-0.39, 0.29) is 0 Å². The van der Waals surface area contributed by atoms with Crippen LogP contribution in [0.3, 0.4) is 0 Å². The molecule has 0 aliphatic rings. The summed E-state index contributed by atoms with van der Waals surface area (Å²) in [5.41, 5.74) is 6.80. The molecule has 0 aromatic heterocycles. The van der Waals surface area contributed by atoms with Gasteiger partial charge in [-0.1, -0.05) is 40.2 Å². The number of hydrogen-bond donors (Lipinski definition) is 1. The van der Waals surface area contributed by atoms with Gasteiger partial charge in [-0.15, -0.1) is 0 Å². The summed E-state index contributed by atoms with van der Waals surface area (Å²) >= 11 is 3.47. The molecule has 0 saturated carbocycles. The Morgan fingerprint density at radius 2 is 1.55 bits per heavy atom. The van der Waals surface area contributed by atoms with Gasteiger partial charge in [-0.25, -0.2) is 0 Å². The number of benzene rings is 2. The molecule has 0 amide bonds. The minimum absolute atomic E-state index is 0.351. The highest BCUT2D eigenvalue weighted by Gasteiger charge is 2.07. The average molecular weight is 332 g/mol. The van der Waals surface area contributed by atoms with E-state index >= 15 is 0 Å². The molecule has 0 aliphatic carbocycles. The third-order valence-electron chi connectivity index (χ3n) is 3.92. The van der Waals surface area contributed by atoms with Crippen molar-refractivity contribution in [2.45, 2.75) is 40.3 Å².